The van der Waals surface area contributed by atoms with E-state index in [4.69, 9.17) is 14.2 Å². The van der Waals surface area contributed by atoms with Crippen molar-refractivity contribution in [2.75, 3.05) is 13.2 Å². The molecule has 78 heavy (non-hydrogen) atoms. The lowest BCUT2D eigenvalue weighted by Crippen LogP contribution is -2.30. The zero-order chi connectivity index (χ0) is 56.4. The van der Waals surface area contributed by atoms with Crippen molar-refractivity contribution in [2.45, 2.75) is 341 Å². The quantitative estimate of drug-likeness (QED) is 0.0261. The molecule has 0 saturated heterocycles. The Morgan fingerprint density at radius 1 is 0.269 bits per heavy atom. The molecule has 0 aromatic rings. The molecule has 1 atom stereocenters. The summed E-state index contributed by atoms with van der Waals surface area (Å²) < 4.78 is 16.9. The van der Waals surface area contributed by atoms with Gasteiger partial charge in [-0.2, -0.15) is 0 Å². The first-order chi connectivity index (χ1) is 38.5. The van der Waals surface area contributed by atoms with Crippen molar-refractivity contribution in [1.29, 1.82) is 0 Å². The van der Waals surface area contributed by atoms with Gasteiger partial charge in [0, 0.05) is 19.3 Å². The Bertz CT molecular complexity index is 1480. The van der Waals surface area contributed by atoms with Crippen LogP contribution in [0.2, 0.25) is 0 Å². The molecular weight excluding hydrogens is 961 g/mol. The highest BCUT2D eigenvalue weighted by Crippen LogP contribution is 2.18. The van der Waals surface area contributed by atoms with Gasteiger partial charge in [-0.25, -0.2) is 0 Å². The van der Waals surface area contributed by atoms with Gasteiger partial charge in [-0.1, -0.05) is 331 Å². The van der Waals surface area contributed by atoms with E-state index in [2.05, 4.69) is 106 Å². The van der Waals surface area contributed by atoms with Gasteiger partial charge in [0.05, 0.1) is 0 Å². The average Bonchev–Trinajstić information content (AvgIpc) is 3.44. The van der Waals surface area contributed by atoms with Gasteiger partial charge in [-0.05, 0) is 70.6 Å². The van der Waals surface area contributed by atoms with Gasteiger partial charge < -0.3 is 14.2 Å². The molecule has 0 spiro atoms. The highest BCUT2D eigenvalue weighted by atomic mass is 16.6. The summed E-state index contributed by atoms with van der Waals surface area (Å²) in [5.41, 5.74) is 0. The standard InChI is InChI=1S/C72H126O6/c1-4-7-10-13-16-19-22-25-28-30-32-34-36-38-40-42-44-47-50-53-56-59-62-65-71(74)77-68-69(67-76-70(73)64-61-58-55-52-49-46-27-24-21-18-15-12-9-6-3)78-72(75)66-63-60-57-54-51-48-45-43-41-39-37-35-33-31-29-26-23-20-17-14-11-8-5-2/h7,10,16,19,25,28,32,34,38,40,44,47,53,56,69H,4-6,8-9,11-15,17-18,20-24,26-27,29-31,33,35-37,39,41-43,45-46,48-52,54-55,57-68H2,1-3H3/b10-7-,19-16-,28-25-,34-32-,40-38-,47-44-,56-53-. The first-order valence-corrected chi connectivity index (χ1v) is 33.6. The SMILES string of the molecule is CC/C=C\C/C=C\C/C=C\C/C=C\C/C=C\C/C=C\C/C=C\CCCC(=O)OCC(COC(=O)CCCCCCCCCCCCCCCC)OC(=O)CCCCCCCCCCCCCCCCCCCCCCCCC. The van der Waals surface area contributed by atoms with E-state index in [0.29, 0.717) is 19.3 Å². The maximum Gasteiger partial charge on any atom is 0.306 e. The smallest absolute Gasteiger partial charge is 0.306 e. The van der Waals surface area contributed by atoms with Crippen molar-refractivity contribution < 1.29 is 28.6 Å². The molecule has 1 unspecified atom stereocenters. The molecule has 6 nitrogen and oxygen atoms in total. The van der Waals surface area contributed by atoms with Crippen LogP contribution < -0.4 is 0 Å². The normalized spacial score (nSPS) is 12.6. The van der Waals surface area contributed by atoms with E-state index in [1.165, 1.54) is 199 Å². The zero-order valence-electron chi connectivity index (χ0n) is 51.7. The topological polar surface area (TPSA) is 78.9 Å². The van der Waals surface area contributed by atoms with E-state index in [-0.39, 0.29) is 37.5 Å². The predicted octanol–water partition coefficient (Wildman–Crippen LogP) is 23.1. The van der Waals surface area contributed by atoms with Gasteiger partial charge in [-0.15, -0.1) is 0 Å². The summed E-state index contributed by atoms with van der Waals surface area (Å²) in [6.07, 6.45) is 87.5. The highest BCUT2D eigenvalue weighted by Gasteiger charge is 2.19. The lowest BCUT2D eigenvalue weighted by molar-refractivity contribution is -0.167. The average molecular weight is 1090 g/mol. The molecule has 0 aliphatic carbocycles. The predicted molar refractivity (Wildman–Crippen MR) is 339 cm³/mol. The van der Waals surface area contributed by atoms with Crippen molar-refractivity contribution >= 4 is 17.9 Å². The summed E-state index contributed by atoms with van der Waals surface area (Å²) in [5.74, 6) is -0.934. The summed E-state index contributed by atoms with van der Waals surface area (Å²) >= 11 is 0. The number of carbonyl (C=O) groups excluding carboxylic acids is 3. The zero-order valence-corrected chi connectivity index (χ0v) is 51.7. The fourth-order valence-electron chi connectivity index (χ4n) is 9.67. The van der Waals surface area contributed by atoms with Gasteiger partial charge in [0.25, 0.3) is 0 Å². The Hall–Kier alpha value is -3.41. The molecule has 0 aliphatic heterocycles. The van der Waals surface area contributed by atoms with Crippen LogP contribution in [0, 0.1) is 0 Å². The number of allylic oxidation sites excluding steroid dienone is 14. The molecule has 0 bridgehead atoms. The number of carbonyl (C=O) groups is 3. The molecule has 6 heteroatoms. The van der Waals surface area contributed by atoms with E-state index in [0.717, 1.165) is 89.9 Å². The largest absolute Gasteiger partial charge is 0.462 e. The van der Waals surface area contributed by atoms with Gasteiger partial charge >= 0.3 is 17.9 Å². The monoisotopic (exact) mass is 1090 g/mol. The van der Waals surface area contributed by atoms with Crippen LogP contribution in [0.25, 0.3) is 0 Å². The van der Waals surface area contributed by atoms with Gasteiger partial charge in [0.15, 0.2) is 6.10 Å². The van der Waals surface area contributed by atoms with E-state index in [1.807, 2.05) is 0 Å². The Labute approximate surface area is 484 Å². The summed E-state index contributed by atoms with van der Waals surface area (Å²) in [6, 6.07) is 0. The molecule has 0 saturated carbocycles. The second kappa shape index (κ2) is 66.1. The Morgan fingerprint density at radius 2 is 0.500 bits per heavy atom. The van der Waals surface area contributed by atoms with Crippen LogP contribution in [0.15, 0.2) is 85.1 Å². The molecular formula is C72H126O6. The van der Waals surface area contributed by atoms with Crippen LogP contribution in [0.5, 0.6) is 0 Å². The molecule has 0 fully saturated rings. The maximum atomic E-state index is 12.9. The first-order valence-electron chi connectivity index (χ1n) is 33.6. The molecule has 0 aromatic carbocycles. The van der Waals surface area contributed by atoms with E-state index in [1.54, 1.807) is 0 Å². The van der Waals surface area contributed by atoms with Crippen LogP contribution in [-0.4, -0.2) is 37.2 Å². The number of hydrogen-bond acceptors (Lipinski definition) is 6. The van der Waals surface area contributed by atoms with Crippen LogP contribution >= 0.6 is 0 Å². The second-order valence-corrected chi connectivity index (χ2v) is 22.4. The Balaban J connectivity index is 4.40. The van der Waals surface area contributed by atoms with E-state index < -0.39 is 6.10 Å². The van der Waals surface area contributed by atoms with E-state index in [9.17, 15) is 14.4 Å². The summed E-state index contributed by atoms with van der Waals surface area (Å²) in [7, 11) is 0. The molecule has 0 N–H and O–H groups in total. The molecule has 0 radical (unpaired) electrons. The second-order valence-electron chi connectivity index (χ2n) is 22.4. The van der Waals surface area contributed by atoms with Crippen LogP contribution in [0.4, 0.5) is 0 Å². The third-order valence-electron chi connectivity index (χ3n) is 14.7. The Kier molecular flexibility index (Phi) is 63.2. The number of esters is 3. The Morgan fingerprint density at radius 3 is 0.782 bits per heavy atom. The molecule has 0 rings (SSSR count). The third-order valence-corrected chi connectivity index (χ3v) is 14.7. The maximum absolute atomic E-state index is 12.9. The molecule has 0 amide bonds. The van der Waals surface area contributed by atoms with Crippen molar-refractivity contribution in [2.24, 2.45) is 0 Å². The summed E-state index contributed by atoms with van der Waals surface area (Å²) in [4.78, 5) is 38.4. The van der Waals surface area contributed by atoms with Crippen LogP contribution in [-0.2, 0) is 28.6 Å². The minimum atomic E-state index is -0.799. The fraction of sp³-hybridized carbons (Fsp3) is 0.764. The van der Waals surface area contributed by atoms with Crippen LogP contribution in [0.1, 0.15) is 335 Å². The highest BCUT2D eigenvalue weighted by molar-refractivity contribution is 5.71. The minimum Gasteiger partial charge on any atom is -0.462 e. The van der Waals surface area contributed by atoms with Crippen molar-refractivity contribution in [3.8, 4) is 0 Å². The lowest BCUT2D eigenvalue weighted by atomic mass is 10.0. The lowest BCUT2D eigenvalue weighted by Gasteiger charge is -2.18. The van der Waals surface area contributed by atoms with Crippen molar-refractivity contribution in [3.05, 3.63) is 85.1 Å². The van der Waals surface area contributed by atoms with Gasteiger partial charge in [0.2, 0.25) is 0 Å². The first kappa shape index (κ1) is 74.6. The molecule has 450 valence electrons. The number of ether oxygens (including phenoxy) is 3. The van der Waals surface area contributed by atoms with Gasteiger partial charge in [0.1, 0.15) is 13.2 Å². The summed E-state index contributed by atoms with van der Waals surface area (Å²) in [6.45, 7) is 6.53. The minimum absolute atomic E-state index is 0.0901. The molecule has 0 aromatic heterocycles. The fourth-order valence-corrected chi connectivity index (χ4v) is 9.67. The van der Waals surface area contributed by atoms with E-state index >= 15 is 0 Å². The van der Waals surface area contributed by atoms with Crippen molar-refractivity contribution in [3.63, 3.8) is 0 Å². The van der Waals surface area contributed by atoms with Crippen LogP contribution in [0.3, 0.4) is 0 Å². The molecule has 0 aliphatic rings. The van der Waals surface area contributed by atoms with Crippen molar-refractivity contribution in [1.82, 2.24) is 0 Å². The number of rotatable bonds is 61. The third kappa shape index (κ3) is 63.4. The number of hydrogen-bond donors (Lipinski definition) is 0. The number of unbranched alkanes of at least 4 members (excludes halogenated alkanes) is 36. The summed E-state index contributed by atoms with van der Waals surface area (Å²) in [5, 5.41) is 0. The molecule has 0 heterocycles. The van der Waals surface area contributed by atoms with Gasteiger partial charge in [-0.3, -0.25) is 14.4 Å².